The van der Waals surface area contributed by atoms with Crippen molar-refractivity contribution in [3.05, 3.63) is 146 Å². The van der Waals surface area contributed by atoms with Crippen LogP contribution in [0.3, 0.4) is 0 Å². The van der Waals surface area contributed by atoms with Crippen LogP contribution >= 0.6 is 0 Å². The average molecular weight is 1060 g/mol. The Morgan fingerprint density at radius 1 is 0.256 bits per heavy atom. The van der Waals surface area contributed by atoms with E-state index in [4.69, 9.17) is 39.9 Å². The molecule has 402 valence electrons. The van der Waals surface area contributed by atoms with Crippen molar-refractivity contribution in [1.29, 1.82) is 0 Å². The van der Waals surface area contributed by atoms with Gasteiger partial charge in [0, 0.05) is 54.5 Å². The van der Waals surface area contributed by atoms with E-state index < -0.39 is 36.6 Å². The second-order valence-electron chi connectivity index (χ2n) is 17.6. The minimum absolute atomic E-state index is 0.0548. The molecule has 0 aliphatic carbocycles. The molecule has 20 heteroatoms. The maximum absolute atomic E-state index is 12.8. The van der Waals surface area contributed by atoms with Gasteiger partial charge in [-0.05, 0) is 87.1 Å². The van der Waals surface area contributed by atoms with Crippen LogP contribution in [0.1, 0.15) is 38.5 Å². The van der Waals surface area contributed by atoms with Crippen LogP contribution in [0.15, 0.2) is 146 Å². The van der Waals surface area contributed by atoms with Crippen LogP contribution < -0.4 is 43.4 Å². The number of unbranched alkanes of at least 4 members (excludes halogenated alkanes) is 3. The first-order valence-electron chi connectivity index (χ1n) is 25.2. The van der Waals surface area contributed by atoms with Crippen molar-refractivity contribution >= 4 is 125 Å². The predicted octanol–water partition coefficient (Wildman–Crippen LogP) is 13.2. The molecule has 0 radical (unpaired) electrons. The van der Waals surface area contributed by atoms with E-state index in [1.165, 1.54) is 0 Å². The molecule has 20 nitrogen and oxygen atoms in total. The predicted molar refractivity (Wildman–Crippen MR) is 302 cm³/mol. The summed E-state index contributed by atoms with van der Waals surface area (Å²) in [7, 11) is 0. The van der Waals surface area contributed by atoms with Crippen LogP contribution in [-0.4, -0.2) is 76.2 Å². The van der Waals surface area contributed by atoms with Crippen molar-refractivity contribution in [3.63, 3.8) is 0 Å². The number of rotatable bonds is 21. The Bertz CT molecular complexity index is 3240. The summed E-state index contributed by atoms with van der Waals surface area (Å²) in [5.74, 6) is 0. The fourth-order valence-corrected chi connectivity index (χ4v) is 8.42. The fourth-order valence-electron chi connectivity index (χ4n) is 8.42. The van der Waals surface area contributed by atoms with Crippen molar-refractivity contribution in [2.45, 2.75) is 38.5 Å². The maximum atomic E-state index is 12.8. The van der Waals surface area contributed by atoms with Gasteiger partial charge < -0.3 is 39.9 Å². The third-order valence-corrected chi connectivity index (χ3v) is 12.2. The molecule has 8 aromatic rings. The van der Waals surface area contributed by atoms with Gasteiger partial charge >= 0.3 is 36.6 Å². The standard InChI is InChI=1S/C58H58N8O12/c59-45-23-7-17-39-37(45)15-9-25-47(39)61-53(67)73-31-1-3-33-75-55(69)63-49-27-11-21-43-41(49)19-13-29-51(43)65-57(71)77-35-5-6-36-78-58(72)66-52-30-14-20-42-44(52)22-12-28-50(42)64-56(70)76-34-4-2-32-74-54(68)62-48-26-10-16-38-40(48)18-8-24-46(38)60/h7-30H,1-6,31-36,59-60H2,(H,61,67)(H,62,68)(H,63,69)(H,64,70)(H,65,71)(H,66,72). The minimum Gasteiger partial charge on any atom is -0.449 e. The Hall–Kier alpha value is -9.98. The van der Waals surface area contributed by atoms with Crippen LogP contribution in [0, 0.1) is 0 Å². The zero-order chi connectivity index (χ0) is 54.6. The van der Waals surface area contributed by atoms with Gasteiger partial charge in [0.2, 0.25) is 0 Å². The highest BCUT2D eigenvalue weighted by molar-refractivity contribution is 6.09. The van der Waals surface area contributed by atoms with Crippen molar-refractivity contribution in [1.82, 2.24) is 0 Å². The topological polar surface area (TPSA) is 282 Å². The number of carbonyl (C=O) groups is 6. The van der Waals surface area contributed by atoms with Crippen LogP contribution in [-0.2, 0) is 28.4 Å². The van der Waals surface area contributed by atoms with Crippen molar-refractivity contribution in [3.8, 4) is 0 Å². The normalized spacial score (nSPS) is 10.8. The number of fused-ring (bicyclic) bond motifs is 4. The average Bonchev–Trinajstić information content (AvgIpc) is 3.48. The first-order valence-corrected chi connectivity index (χ1v) is 25.2. The number of nitrogen functional groups attached to an aromatic ring is 2. The van der Waals surface area contributed by atoms with Crippen LogP contribution in [0.25, 0.3) is 43.1 Å². The minimum atomic E-state index is -0.689. The summed E-state index contributed by atoms with van der Waals surface area (Å²) in [5, 5.41) is 22.3. The third kappa shape index (κ3) is 14.9. The molecule has 0 unspecified atom stereocenters. The Morgan fingerprint density at radius 2 is 0.423 bits per heavy atom. The van der Waals surface area contributed by atoms with E-state index in [-0.39, 0.29) is 39.6 Å². The van der Waals surface area contributed by atoms with E-state index in [1.54, 1.807) is 109 Å². The first-order chi connectivity index (χ1) is 38.0. The van der Waals surface area contributed by atoms with E-state index in [2.05, 4.69) is 31.9 Å². The van der Waals surface area contributed by atoms with E-state index in [1.807, 2.05) is 36.4 Å². The lowest BCUT2D eigenvalue weighted by atomic mass is 10.1. The summed E-state index contributed by atoms with van der Waals surface area (Å²) < 4.78 is 32.1. The van der Waals surface area contributed by atoms with Gasteiger partial charge in [0.15, 0.2) is 0 Å². The number of benzene rings is 8. The molecule has 0 aliphatic heterocycles. The van der Waals surface area contributed by atoms with Crippen molar-refractivity contribution in [2.24, 2.45) is 0 Å². The Labute approximate surface area is 448 Å². The van der Waals surface area contributed by atoms with E-state index >= 15 is 0 Å². The zero-order valence-electron chi connectivity index (χ0n) is 42.4. The van der Waals surface area contributed by atoms with E-state index in [9.17, 15) is 28.8 Å². The number of nitrogens with one attached hydrogen (secondary N) is 6. The highest BCUT2D eigenvalue weighted by Crippen LogP contribution is 2.32. The summed E-state index contributed by atoms with van der Waals surface area (Å²) >= 11 is 0. The number of hydrogen-bond donors (Lipinski definition) is 8. The number of amides is 6. The number of nitrogens with two attached hydrogens (primary N) is 2. The van der Waals surface area contributed by atoms with Gasteiger partial charge in [-0.2, -0.15) is 0 Å². The third-order valence-electron chi connectivity index (χ3n) is 12.2. The summed E-state index contributed by atoms with van der Waals surface area (Å²) in [4.78, 5) is 75.9. The lowest BCUT2D eigenvalue weighted by molar-refractivity contribution is 0.143. The monoisotopic (exact) mass is 1060 g/mol. The largest absolute Gasteiger partial charge is 0.449 e. The highest BCUT2D eigenvalue weighted by atomic mass is 16.6. The molecule has 0 atom stereocenters. The molecular weight excluding hydrogens is 1000 g/mol. The van der Waals surface area contributed by atoms with Gasteiger partial charge in [0.05, 0.1) is 73.8 Å². The molecule has 0 heterocycles. The zero-order valence-corrected chi connectivity index (χ0v) is 42.4. The second kappa shape index (κ2) is 27.0. The number of hydrogen-bond acceptors (Lipinski definition) is 14. The van der Waals surface area contributed by atoms with Crippen molar-refractivity contribution in [2.75, 3.05) is 83.0 Å². The molecule has 8 rings (SSSR count). The molecule has 0 aliphatic rings. The highest BCUT2D eigenvalue weighted by Gasteiger charge is 2.15. The molecule has 78 heavy (non-hydrogen) atoms. The number of anilines is 8. The SMILES string of the molecule is Nc1cccc2c(NC(=O)OCCCCOC(=O)Nc3cccc4c(NC(=O)OCCCCOC(=O)Nc5cccc6c(NC(=O)OCCCCOC(=O)Nc7cccc8c(N)cccc78)cccc56)cccc34)cccc12. The molecule has 6 amide bonds. The van der Waals surface area contributed by atoms with Gasteiger partial charge in [-0.1, -0.05) is 97.1 Å². The molecule has 0 spiro atoms. The number of carbonyl (C=O) groups excluding carboxylic acids is 6. The number of ether oxygens (including phenoxy) is 6. The molecule has 10 N–H and O–H groups in total. The molecule has 0 aromatic heterocycles. The summed E-state index contributed by atoms with van der Waals surface area (Å²) in [6.07, 6.45) is -1.29. The Morgan fingerprint density at radius 3 is 0.628 bits per heavy atom. The molecule has 0 bridgehead atoms. The van der Waals surface area contributed by atoms with Gasteiger partial charge in [-0.15, -0.1) is 0 Å². The molecule has 0 saturated carbocycles. The quantitative estimate of drug-likeness (QED) is 0.0189. The lowest BCUT2D eigenvalue weighted by Gasteiger charge is -2.13. The molecular formula is C58H58N8O12. The lowest BCUT2D eigenvalue weighted by Crippen LogP contribution is -2.17. The second-order valence-corrected chi connectivity index (χ2v) is 17.6. The summed E-state index contributed by atoms with van der Waals surface area (Å²) in [6.45, 7) is 0.537. The van der Waals surface area contributed by atoms with Crippen LogP contribution in [0.2, 0.25) is 0 Å². The molecule has 8 aromatic carbocycles. The van der Waals surface area contributed by atoms with Gasteiger partial charge in [-0.25, -0.2) is 28.8 Å². The van der Waals surface area contributed by atoms with Crippen LogP contribution in [0.5, 0.6) is 0 Å². The Balaban J connectivity index is 0.683. The first kappa shape index (κ1) is 54.3. The smallest absolute Gasteiger partial charge is 0.411 e. The van der Waals surface area contributed by atoms with E-state index in [0.29, 0.717) is 106 Å². The summed E-state index contributed by atoms with van der Waals surface area (Å²) in [6, 6.07) is 42.7. The van der Waals surface area contributed by atoms with Gasteiger partial charge in [0.25, 0.3) is 0 Å². The molecule has 0 fully saturated rings. The van der Waals surface area contributed by atoms with Crippen molar-refractivity contribution < 1.29 is 57.2 Å². The van der Waals surface area contributed by atoms with Crippen LogP contribution in [0.4, 0.5) is 74.3 Å². The molecule has 0 saturated heterocycles. The fraction of sp³-hybridized carbons (Fsp3) is 0.207. The van der Waals surface area contributed by atoms with Gasteiger partial charge in [-0.3, -0.25) is 31.9 Å². The summed E-state index contributed by atoms with van der Waals surface area (Å²) in [5.41, 5.74) is 16.3. The van der Waals surface area contributed by atoms with Gasteiger partial charge in [0.1, 0.15) is 0 Å². The Kier molecular flexibility index (Phi) is 18.8. The maximum Gasteiger partial charge on any atom is 0.411 e. The van der Waals surface area contributed by atoms with E-state index in [0.717, 1.165) is 21.5 Å².